The van der Waals surface area contributed by atoms with Crippen molar-refractivity contribution in [1.29, 1.82) is 0 Å². The van der Waals surface area contributed by atoms with Gasteiger partial charge in [0.1, 0.15) is 11.6 Å². The van der Waals surface area contributed by atoms with E-state index in [0.29, 0.717) is 34.0 Å². The highest BCUT2D eigenvalue weighted by Crippen LogP contribution is 2.27. The molecule has 1 N–H and O–H groups in total. The molecule has 0 fully saturated rings. The molecule has 9 heteroatoms. The predicted octanol–water partition coefficient (Wildman–Crippen LogP) is 4.86. The number of para-hydroxylation sites is 1. The summed E-state index contributed by atoms with van der Waals surface area (Å²) in [4.78, 5) is 12.1. The van der Waals surface area contributed by atoms with Crippen molar-refractivity contribution < 1.29 is 9.53 Å². The third-order valence-electron chi connectivity index (χ3n) is 4.01. The van der Waals surface area contributed by atoms with Crippen molar-refractivity contribution >= 4 is 46.6 Å². The van der Waals surface area contributed by atoms with Crippen LogP contribution in [0.25, 0.3) is 0 Å². The lowest BCUT2D eigenvalue weighted by Gasteiger charge is -2.08. The van der Waals surface area contributed by atoms with E-state index in [4.69, 9.17) is 27.9 Å². The first-order valence-electron chi connectivity index (χ1n) is 8.97. The molecular weight excluding hydrogens is 431 g/mol. The minimum Gasteiger partial charge on any atom is -0.492 e. The van der Waals surface area contributed by atoms with Gasteiger partial charge in [-0.2, -0.15) is 0 Å². The second-order valence-electron chi connectivity index (χ2n) is 6.19. The van der Waals surface area contributed by atoms with Gasteiger partial charge in [0, 0.05) is 24.2 Å². The molecule has 3 aromatic rings. The Morgan fingerprint density at radius 3 is 2.72 bits per heavy atom. The fraction of sp³-hybridized carbons (Fsp3) is 0.250. The zero-order valence-corrected chi connectivity index (χ0v) is 18.1. The van der Waals surface area contributed by atoms with Crippen LogP contribution in [0, 0.1) is 0 Å². The van der Waals surface area contributed by atoms with Gasteiger partial charge in [-0.05, 0) is 36.8 Å². The Hall–Kier alpha value is -2.22. The maximum atomic E-state index is 12.1. The van der Waals surface area contributed by atoms with Gasteiger partial charge in [0.2, 0.25) is 5.91 Å². The second kappa shape index (κ2) is 10.5. The number of hydrogen-bond acceptors (Lipinski definition) is 5. The van der Waals surface area contributed by atoms with Gasteiger partial charge in [-0.3, -0.25) is 4.79 Å². The summed E-state index contributed by atoms with van der Waals surface area (Å²) in [5.41, 5.74) is 0.776. The number of benzene rings is 2. The molecule has 0 saturated carbocycles. The molecule has 152 valence electrons. The van der Waals surface area contributed by atoms with Crippen molar-refractivity contribution in [2.24, 2.45) is 7.05 Å². The molecule has 0 spiro atoms. The number of halogens is 2. The first-order chi connectivity index (χ1) is 14.0. The minimum absolute atomic E-state index is 0.0843. The highest BCUT2D eigenvalue weighted by atomic mass is 35.5. The van der Waals surface area contributed by atoms with E-state index < -0.39 is 0 Å². The number of hydrogen-bond donors (Lipinski definition) is 1. The van der Waals surface area contributed by atoms with E-state index in [1.165, 1.54) is 11.8 Å². The summed E-state index contributed by atoms with van der Waals surface area (Å²) in [6, 6.07) is 14.5. The van der Waals surface area contributed by atoms with Crippen molar-refractivity contribution in [3.8, 4) is 5.75 Å². The zero-order chi connectivity index (χ0) is 20.6. The van der Waals surface area contributed by atoms with Gasteiger partial charge in [0.05, 0.1) is 17.4 Å². The van der Waals surface area contributed by atoms with E-state index in [-0.39, 0.29) is 11.7 Å². The summed E-state index contributed by atoms with van der Waals surface area (Å²) in [5, 5.41) is 13.0. The molecule has 2 aromatic carbocycles. The van der Waals surface area contributed by atoms with E-state index in [2.05, 4.69) is 15.5 Å². The summed E-state index contributed by atoms with van der Waals surface area (Å²) < 4.78 is 7.59. The van der Waals surface area contributed by atoms with Crippen LogP contribution in [0.4, 0.5) is 5.69 Å². The molecule has 6 nitrogen and oxygen atoms in total. The fourth-order valence-electron chi connectivity index (χ4n) is 2.54. The van der Waals surface area contributed by atoms with Gasteiger partial charge in [0.15, 0.2) is 5.16 Å². The first kappa shape index (κ1) is 21.5. The Balaban J connectivity index is 1.43. The number of aromatic nitrogens is 3. The van der Waals surface area contributed by atoms with Crippen molar-refractivity contribution in [3.63, 3.8) is 0 Å². The zero-order valence-electron chi connectivity index (χ0n) is 15.8. The molecule has 0 aliphatic carbocycles. The molecule has 0 saturated heterocycles. The first-order valence-corrected chi connectivity index (χ1v) is 10.7. The summed E-state index contributed by atoms with van der Waals surface area (Å²) in [6.07, 6.45) is 1.45. The molecule has 0 aliphatic heterocycles. The molecule has 29 heavy (non-hydrogen) atoms. The molecule has 1 amide bonds. The Morgan fingerprint density at radius 1 is 1.17 bits per heavy atom. The molecule has 0 unspecified atom stereocenters. The standard InChI is InChI=1S/C20H20Cl2N4O2S/c1-26-18(8-5-11-28-17-10-9-14(21)12-16(17)22)24-25-20(26)29-13-19(27)23-15-6-3-2-4-7-15/h2-4,6-7,9-10,12H,5,8,11,13H2,1H3,(H,23,27). The molecule has 0 aliphatic rings. The van der Waals surface area contributed by atoms with Gasteiger partial charge < -0.3 is 14.6 Å². The lowest BCUT2D eigenvalue weighted by atomic mass is 10.3. The predicted molar refractivity (Wildman–Crippen MR) is 117 cm³/mol. The van der Waals surface area contributed by atoms with Crippen LogP contribution >= 0.6 is 35.0 Å². The number of nitrogens with one attached hydrogen (secondary N) is 1. The SMILES string of the molecule is Cn1c(CCCOc2ccc(Cl)cc2Cl)nnc1SCC(=O)Nc1ccccc1. The Labute approximate surface area is 183 Å². The van der Waals surface area contributed by atoms with Crippen LogP contribution in [0.5, 0.6) is 5.75 Å². The average Bonchev–Trinajstić information content (AvgIpc) is 3.05. The van der Waals surface area contributed by atoms with Crippen molar-refractivity contribution in [1.82, 2.24) is 14.8 Å². The van der Waals surface area contributed by atoms with Crippen LogP contribution in [0.2, 0.25) is 10.0 Å². The highest BCUT2D eigenvalue weighted by molar-refractivity contribution is 7.99. The Morgan fingerprint density at radius 2 is 1.97 bits per heavy atom. The third-order valence-corrected chi connectivity index (χ3v) is 5.56. The summed E-state index contributed by atoms with van der Waals surface area (Å²) >= 11 is 13.3. The molecule has 3 rings (SSSR count). The topological polar surface area (TPSA) is 69.0 Å². The van der Waals surface area contributed by atoms with Crippen LogP contribution in [0.15, 0.2) is 53.7 Å². The van der Waals surface area contributed by atoms with Crippen LogP contribution in [0.3, 0.4) is 0 Å². The number of carbonyl (C=O) groups is 1. The second-order valence-corrected chi connectivity index (χ2v) is 7.97. The Kier molecular flexibility index (Phi) is 7.80. The number of ether oxygens (including phenoxy) is 1. The van der Waals surface area contributed by atoms with Crippen LogP contribution in [-0.2, 0) is 18.3 Å². The normalized spacial score (nSPS) is 10.7. The van der Waals surface area contributed by atoms with Crippen molar-refractivity contribution in [2.75, 3.05) is 17.7 Å². The van der Waals surface area contributed by atoms with Crippen LogP contribution in [-0.4, -0.2) is 33.0 Å². The van der Waals surface area contributed by atoms with Gasteiger partial charge in [-0.1, -0.05) is 53.2 Å². The Bertz CT molecular complexity index is 966. The van der Waals surface area contributed by atoms with Crippen LogP contribution in [0.1, 0.15) is 12.2 Å². The molecule has 1 aromatic heterocycles. The molecule has 0 radical (unpaired) electrons. The number of anilines is 1. The largest absolute Gasteiger partial charge is 0.492 e. The molecule has 0 atom stereocenters. The third kappa shape index (κ3) is 6.39. The summed E-state index contributed by atoms with van der Waals surface area (Å²) in [7, 11) is 1.89. The lowest BCUT2D eigenvalue weighted by molar-refractivity contribution is -0.113. The number of thioether (sulfide) groups is 1. The van der Waals surface area contributed by atoms with E-state index in [1.54, 1.807) is 18.2 Å². The summed E-state index contributed by atoms with van der Waals surface area (Å²) in [5.74, 6) is 1.62. The number of aryl methyl sites for hydroxylation is 1. The quantitative estimate of drug-likeness (QED) is 0.372. The number of nitrogens with zero attached hydrogens (tertiary/aromatic N) is 3. The lowest BCUT2D eigenvalue weighted by Crippen LogP contribution is -2.14. The maximum absolute atomic E-state index is 12.1. The van der Waals surface area contributed by atoms with Gasteiger partial charge in [-0.15, -0.1) is 10.2 Å². The molecular formula is C20H20Cl2N4O2S. The average molecular weight is 451 g/mol. The van der Waals surface area contributed by atoms with E-state index in [1.807, 2.05) is 41.9 Å². The fourth-order valence-corrected chi connectivity index (χ4v) is 3.73. The van der Waals surface area contributed by atoms with Gasteiger partial charge >= 0.3 is 0 Å². The maximum Gasteiger partial charge on any atom is 0.234 e. The number of amides is 1. The van der Waals surface area contributed by atoms with E-state index in [9.17, 15) is 4.79 Å². The van der Waals surface area contributed by atoms with Crippen molar-refractivity contribution in [2.45, 2.75) is 18.0 Å². The number of rotatable bonds is 9. The smallest absolute Gasteiger partial charge is 0.234 e. The van der Waals surface area contributed by atoms with Gasteiger partial charge in [0.25, 0.3) is 0 Å². The molecule has 1 heterocycles. The highest BCUT2D eigenvalue weighted by Gasteiger charge is 2.12. The van der Waals surface area contributed by atoms with Crippen LogP contribution < -0.4 is 10.1 Å². The number of carbonyl (C=O) groups excluding carboxylic acids is 1. The summed E-state index contributed by atoms with van der Waals surface area (Å²) in [6.45, 7) is 0.496. The monoisotopic (exact) mass is 450 g/mol. The van der Waals surface area contributed by atoms with Gasteiger partial charge in [-0.25, -0.2) is 0 Å². The van der Waals surface area contributed by atoms with E-state index >= 15 is 0 Å². The minimum atomic E-state index is -0.0843. The van der Waals surface area contributed by atoms with Crippen molar-refractivity contribution in [3.05, 3.63) is 64.4 Å². The van der Waals surface area contributed by atoms with E-state index in [0.717, 1.165) is 17.9 Å². The molecule has 0 bridgehead atoms.